The SMILES string of the molecule is Cc1cc(O)c(O)c(Br)c1C(C)O. The van der Waals surface area contributed by atoms with Gasteiger partial charge in [-0.1, -0.05) is 0 Å². The summed E-state index contributed by atoms with van der Waals surface area (Å²) in [6.45, 7) is 3.36. The van der Waals surface area contributed by atoms with Crippen molar-refractivity contribution < 1.29 is 15.3 Å². The molecule has 72 valence electrons. The Bertz CT molecular complexity index is 334. The van der Waals surface area contributed by atoms with Crippen LogP contribution in [0.3, 0.4) is 0 Å². The van der Waals surface area contributed by atoms with Gasteiger partial charge >= 0.3 is 0 Å². The second-order valence-electron chi connectivity index (χ2n) is 2.96. The van der Waals surface area contributed by atoms with E-state index in [1.54, 1.807) is 13.8 Å². The monoisotopic (exact) mass is 246 g/mol. The van der Waals surface area contributed by atoms with Crippen LogP contribution in [-0.4, -0.2) is 15.3 Å². The lowest BCUT2D eigenvalue weighted by Crippen LogP contribution is -1.96. The third kappa shape index (κ3) is 1.78. The molecule has 0 aliphatic carbocycles. The van der Waals surface area contributed by atoms with Crippen LogP contribution in [0.2, 0.25) is 0 Å². The van der Waals surface area contributed by atoms with Crippen molar-refractivity contribution >= 4 is 15.9 Å². The molecule has 0 heterocycles. The summed E-state index contributed by atoms with van der Waals surface area (Å²) in [7, 11) is 0. The van der Waals surface area contributed by atoms with Gasteiger partial charge in [-0.2, -0.15) is 0 Å². The highest BCUT2D eigenvalue weighted by atomic mass is 79.9. The van der Waals surface area contributed by atoms with E-state index in [0.29, 0.717) is 10.0 Å². The van der Waals surface area contributed by atoms with Crippen molar-refractivity contribution in [2.75, 3.05) is 0 Å². The quantitative estimate of drug-likeness (QED) is 0.667. The molecule has 4 heteroatoms. The zero-order valence-electron chi connectivity index (χ0n) is 7.37. The standard InChI is InChI=1S/C9H11BrO3/c1-4-3-6(12)9(13)8(10)7(4)5(2)11/h3,5,11-13H,1-2H3. The molecule has 0 saturated carbocycles. The van der Waals surface area contributed by atoms with Gasteiger partial charge in [0, 0.05) is 5.56 Å². The fourth-order valence-electron chi connectivity index (χ4n) is 1.28. The number of aliphatic hydroxyl groups is 1. The minimum absolute atomic E-state index is 0.186. The van der Waals surface area contributed by atoms with Crippen molar-refractivity contribution in [3.05, 3.63) is 21.7 Å². The fraction of sp³-hybridized carbons (Fsp3) is 0.333. The number of halogens is 1. The van der Waals surface area contributed by atoms with E-state index < -0.39 is 6.10 Å². The Kier molecular flexibility index (Phi) is 2.83. The third-order valence-corrected chi connectivity index (χ3v) is 2.69. The average Bonchev–Trinajstić information content (AvgIpc) is 1.99. The first-order valence-corrected chi connectivity index (χ1v) is 4.63. The van der Waals surface area contributed by atoms with Crippen LogP contribution in [0.4, 0.5) is 0 Å². The summed E-state index contributed by atoms with van der Waals surface area (Å²) in [4.78, 5) is 0. The van der Waals surface area contributed by atoms with Crippen molar-refractivity contribution in [1.29, 1.82) is 0 Å². The number of aliphatic hydroxyl groups excluding tert-OH is 1. The fourth-order valence-corrected chi connectivity index (χ4v) is 2.12. The average molecular weight is 247 g/mol. The molecule has 1 aromatic carbocycles. The van der Waals surface area contributed by atoms with Crippen LogP contribution in [0.5, 0.6) is 11.5 Å². The van der Waals surface area contributed by atoms with E-state index in [2.05, 4.69) is 15.9 Å². The first-order valence-electron chi connectivity index (χ1n) is 3.84. The molecule has 0 saturated heterocycles. The van der Waals surface area contributed by atoms with E-state index in [9.17, 15) is 15.3 Å². The van der Waals surface area contributed by atoms with Crippen LogP contribution in [0.15, 0.2) is 10.5 Å². The van der Waals surface area contributed by atoms with Gasteiger partial charge in [-0.25, -0.2) is 0 Å². The molecule has 1 atom stereocenters. The zero-order valence-corrected chi connectivity index (χ0v) is 8.96. The van der Waals surface area contributed by atoms with Crippen LogP contribution in [0, 0.1) is 6.92 Å². The predicted molar refractivity (Wildman–Crippen MR) is 52.8 cm³/mol. The minimum Gasteiger partial charge on any atom is -0.504 e. The molecular weight excluding hydrogens is 236 g/mol. The number of rotatable bonds is 1. The van der Waals surface area contributed by atoms with Crippen LogP contribution < -0.4 is 0 Å². The highest BCUT2D eigenvalue weighted by molar-refractivity contribution is 9.10. The molecule has 0 fully saturated rings. The topological polar surface area (TPSA) is 60.7 Å². The number of aryl methyl sites for hydroxylation is 1. The molecular formula is C9H11BrO3. The summed E-state index contributed by atoms with van der Waals surface area (Å²) in [5, 5.41) is 28.0. The molecule has 0 spiro atoms. The molecule has 0 aliphatic heterocycles. The van der Waals surface area contributed by atoms with E-state index in [1.165, 1.54) is 6.07 Å². The Labute approximate surface area is 84.8 Å². The smallest absolute Gasteiger partial charge is 0.172 e. The maximum atomic E-state index is 9.38. The molecule has 1 rings (SSSR count). The first-order chi connectivity index (χ1) is 5.95. The summed E-state index contributed by atoms with van der Waals surface area (Å²) >= 11 is 3.11. The number of phenolic OH excluding ortho intramolecular Hbond substituents is 2. The number of hydrogen-bond donors (Lipinski definition) is 3. The first kappa shape index (κ1) is 10.3. The third-order valence-electron chi connectivity index (χ3n) is 1.88. The second-order valence-corrected chi connectivity index (χ2v) is 3.76. The molecule has 0 aromatic heterocycles. The molecule has 3 nitrogen and oxygen atoms in total. The van der Waals surface area contributed by atoms with Crippen molar-refractivity contribution in [3.8, 4) is 11.5 Å². The van der Waals surface area contributed by atoms with Crippen LogP contribution in [0.25, 0.3) is 0 Å². The Hall–Kier alpha value is -0.740. The highest BCUT2D eigenvalue weighted by Crippen LogP contribution is 2.40. The molecule has 0 radical (unpaired) electrons. The summed E-state index contributed by atoms with van der Waals surface area (Å²) in [5.41, 5.74) is 1.33. The van der Waals surface area contributed by atoms with Gasteiger partial charge in [0.15, 0.2) is 11.5 Å². The lowest BCUT2D eigenvalue weighted by Gasteiger charge is -2.13. The van der Waals surface area contributed by atoms with Crippen LogP contribution >= 0.6 is 15.9 Å². The van der Waals surface area contributed by atoms with Crippen molar-refractivity contribution in [1.82, 2.24) is 0 Å². The predicted octanol–water partition coefficient (Wildman–Crippen LogP) is 2.22. The van der Waals surface area contributed by atoms with E-state index in [1.807, 2.05) is 0 Å². The number of aromatic hydroxyl groups is 2. The Morgan fingerprint density at radius 1 is 1.38 bits per heavy atom. The molecule has 1 aromatic rings. The van der Waals surface area contributed by atoms with E-state index in [0.717, 1.165) is 5.56 Å². The second kappa shape index (κ2) is 3.55. The van der Waals surface area contributed by atoms with Gasteiger partial charge < -0.3 is 15.3 Å². The maximum absolute atomic E-state index is 9.38. The lowest BCUT2D eigenvalue weighted by atomic mass is 10.0. The minimum atomic E-state index is -0.680. The van der Waals surface area contributed by atoms with Gasteiger partial charge in [0.1, 0.15) is 0 Å². The molecule has 0 amide bonds. The molecule has 1 unspecified atom stereocenters. The molecule has 13 heavy (non-hydrogen) atoms. The van der Waals surface area contributed by atoms with Gasteiger partial charge in [-0.3, -0.25) is 0 Å². The summed E-state index contributed by atoms with van der Waals surface area (Å²) in [6.07, 6.45) is -0.680. The zero-order chi connectivity index (χ0) is 10.2. The molecule has 3 N–H and O–H groups in total. The van der Waals surface area contributed by atoms with E-state index in [-0.39, 0.29) is 11.5 Å². The molecule has 0 bridgehead atoms. The van der Waals surface area contributed by atoms with Gasteiger partial charge in [-0.15, -0.1) is 0 Å². The Morgan fingerprint density at radius 3 is 2.38 bits per heavy atom. The summed E-state index contributed by atoms with van der Waals surface area (Å²) in [5.74, 6) is -0.421. The van der Waals surface area contributed by atoms with E-state index in [4.69, 9.17) is 0 Å². The maximum Gasteiger partial charge on any atom is 0.172 e. The summed E-state index contributed by atoms with van der Waals surface area (Å²) < 4.78 is 0.347. The number of phenols is 2. The van der Waals surface area contributed by atoms with Gasteiger partial charge in [0.2, 0.25) is 0 Å². The van der Waals surface area contributed by atoms with Gasteiger partial charge in [0.05, 0.1) is 10.6 Å². The largest absolute Gasteiger partial charge is 0.504 e. The van der Waals surface area contributed by atoms with Crippen molar-refractivity contribution in [3.63, 3.8) is 0 Å². The number of hydrogen-bond acceptors (Lipinski definition) is 3. The molecule has 0 aliphatic rings. The van der Waals surface area contributed by atoms with Crippen LogP contribution in [0.1, 0.15) is 24.2 Å². The van der Waals surface area contributed by atoms with Gasteiger partial charge in [-0.05, 0) is 41.4 Å². The van der Waals surface area contributed by atoms with Gasteiger partial charge in [0.25, 0.3) is 0 Å². The van der Waals surface area contributed by atoms with Crippen LogP contribution in [-0.2, 0) is 0 Å². The normalized spacial score (nSPS) is 12.9. The summed E-state index contributed by atoms with van der Waals surface area (Å²) in [6, 6.07) is 1.42. The van der Waals surface area contributed by atoms with Crippen molar-refractivity contribution in [2.45, 2.75) is 20.0 Å². The Morgan fingerprint density at radius 2 is 1.92 bits per heavy atom. The van der Waals surface area contributed by atoms with Crippen molar-refractivity contribution in [2.24, 2.45) is 0 Å². The Balaban J connectivity index is 3.44. The number of benzene rings is 1. The lowest BCUT2D eigenvalue weighted by molar-refractivity contribution is 0.197. The highest BCUT2D eigenvalue weighted by Gasteiger charge is 2.16. The van der Waals surface area contributed by atoms with E-state index >= 15 is 0 Å².